The average Bonchev–Trinajstić information content (AvgIpc) is 2.32. The van der Waals surface area contributed by atoms with E-state index in [9.17, 15) is 12.8 Å². The third-order valence-electron chi connectivity index (χ3n) is 2.74. The van der Waals surface area contributed by atoms with E-state index in [-0.39, 0.29) is 16.3 Å². The van der Waals surface area contributed by atoms with Gasteiger partial charge in [0.15, 0.2) is 9.84 Å². The van der Waals surface area contributed by atoms with Gasteiger partial charge in [0, 0.05) is 6.20 Å². The number of hydrogen-bond donors (Lipinski definition) is 1. The number of para-hydroxylation sites is 1. The maximum Gasteiger partial charge on any atom is 0.184 e. The second kappa shape index (κ2) is 4.97. The molecule has 0 aliphatic carbocycles. The van der Waals surface area contributed by atoms with Crippen molar-refractivity contribution >= 4 is 15.5 Å². The van der Waals surface area contributed by atoms with E-state index in [2.05, 4.69) is 4.98 Å². The van der Waals surface area contributed by atoms with Crippen molar-refractivity contribution in [2.45, 2.75) is 17.6 Å². The van der Waals surface area contributed by atoms with Crippen LogP contribution in [0, 0.1) is 12.7 Å². The first-order chi connectivity index (χ1) is 8.90. The van der Waals surface area contributed by atoms with Crippen LogP contribution in [0.1, 0.15) is 11.1 Å². The van der Waals surface area contributed by atoms with Crippen molar-refractivity contribution in [1.82, 2.24) is 4.98 Å². The molecule has 1 aromatic heterocycles. The first-order valence-electron chi connectivity index (χ1n) is 5.57. The number of benzene rings is 1. The summed E-state index contributed by atoms with van der Waals surface area (Å²) in [5, 5.41) is 0. The molecule has 100 valence electrons. The van der Waals surface area contributed by atoms with Crippen molar-refractivity contribution in [3.05, 3.63) is 53.6 Å². The topological polar surface area (TPSA) is 73.0 Å². The number of nitrogens with zero attached hydrogens (tertiary/aromatic N) is 1. The number of nitrogens with two attached hydrogens (primary N) is 1. The number of halogens is 1. The largest absolute Gasteiger partial charge is 0.397 e. The average molecular weight is 280 g/mol. The normalized spacial score (nSPS) is 11.5. The molecule has 0 aliphatic rings. The van der Waals surface area contributed by atoms with Crippen LogP contribution < -0.4 is 5.73 Å². The van der Waals surface area contributed by atoms with Gasteiger partial charge in [0.05, 0.1) is 22.5 Å². The maximum absolute atomic E-state index is 13.0. The molecule has 2 rings (SSSR count). The molecule has 0 unspecified atom stereocenters. The Morgan fingerprint density at radius 3 is 2.74 bits per heavy atom. The molecular formula is C13H13FN2O2S. The number of nitrogen functional groups attached to an aromatic ring is 1. The lowest BCUT2D eigenvalue weighted by Gasteiger charge is -2.09. The van der Waals surface area contributed by atoms with E-state index in [0.29, 0.717) is 11.1 Å². The summed E-state index contributed by atoms with van der Waals surface area (Å²) < 4.78 is 37.5. The Hall–Kier alpha value is -1.95. The second-order valence-corrected chi connectivity index (χ2v) is 6.22. The van der Waals surface area contributed by atoms with E-state index in [4.69, 9.17) is 5.73 Å². The van der Waals surface area contributed by atoms with Crippen molar-refractivity contribution in [2.24, 2.45) is 0 Å². The summed E-state index contributed by atoms with van der Waals surface area (Å²) in [5.41, 5.74) is 7.00. The van der Waals surface area contributed by atoms with Gasteiger partial charge in [0.2, 0.25) is 0 Å². The SMILES string of the molecule is Cc1cccc(S(=O)(=O)Cc2cncc(F)c2)c1N. The van der Waals surface area contributed by atoms with Gasteiger partial charge in [-0.15, -0.1) is 0 Å². The number of pyridine rings is 1. The fraction of sp³-hybridized carbons (Fsp3) is 0.154. The van der Waals surface area contributed by atoms with Gasteiger partial charge in [0.25, 0.3) is 0 Å². The zero-order valence-electron chi connectivity index (χ0n) is 10.3. The van der Waals surface area contributed by atoms with Crippen molar-refractivity contribution in [3.63, 3.8) is 0 Å². The molecule has 0 amide bonds. The number of aryl methyl sites for hydroxylation is 1. The zero-order valence-corrected chi connectivity index (χ0v) is 11.1. The standard InChI is InChI=1S/C13H13FN2O2S/c1-9-3-2-4-12(13(9)15)19(17,18)8-10-5-11(14)7-16-6-10/h2-7H,8,15H2,1H3. The van der Waals surface area contributed by atoms with Gasteiger partial charge < -0.3 is 5.73 Å². The summed E-state index contributed by atoms with van der Waals surface area (Å²) in [7, 11) is -3.61. The molecule has 0 radical (unpaired) electrons. The van der Waals surface area contributed by atoms with Gasteiger partial charge in [-0.05, 0) is 30.2 Å². The molecule has 0 spiro atoms. The van der Waals surface area contributed by atoms with Gasteiger partial charge in [-0.25, -0.2) is 12.8 Å². The van der Waals surface area contributed by atoms with Crippen molar-refractivity contribution in [1.29, 1.82) is 0 Å². The number of hydrogen-bond acceptors (Lipinski definition) is 4. The summed E-state index contributed by atoms with van der Waals surface area (Å²) >= 11 is 0. The minimum absolute atomic E-state index is 0.0664. The van der Waals surface area contributed by atoms with Crippen LogP contribution in [0.2, 0.25) is 0 Å². The van der Waals surface area contributed by atoms with Crippen molar-refractivity contribution < 1.29 is 12.8 Å². The van der Waals surface area contributed by atoms with Gasteiger partial charge in [-0.2, -0.15) is 0 Å². The van der Waals surface area contributed by atoms with Crippen LogP contribution in [0.25, 0.3) is 0 Å². The fourth-order valence-corrected chi connectivity index (χ4v) is 3.29. The minimum Gasteiger partial charge on any atom is -0.397 e. The maximum atomic E-state index is 13.0. The van der Waals surface area contributed by atoms with E-state index in [1.165, 1.54) is 12.3 Å². The molecule has 2 N–H and O–H groups in total. The molecular weight excluding hydrogens is 267 g/mol. The molecule has 0 saturated heterocycles. The third-order valence-corrected chi connectivity index (χ3v) is 4.48. The van der Waals surface area contributed by atoms with Crippen LogP contribution in [-0.2, 0) is 15.6 Å². The molecule has 0 saturated carbocycles. The van der Waals surface area contributed by atoms with Gasteiger partial charge in [-0.1, -0.05) is 12.1 Å². The van der Waals surface area contributed by atoms with Crippen LogP contribution in [0.5, 0.6) is 0 Å². The Balaban J connectivity index is 2.41. The Morgan fingerprint density at radius 1 is 1.32 bits per heavy atom. The minimum atomic E-state index is -3.61. The molecule has 0 bridgehead atoms. The lowest BCUT2D eigenvalue weighted by molar-refractivity contribution is 0.594. The fourth-order valence-electron chi connectivity index (χ4n) is 1.76. The summed E-state index contributed by atoms with van der Waals surface area (Å²) in [6, 6.07) is 5.96. The lowest BCUT2D eigenvalue weighted by atomic mass is 10.2. The smallest absolute Gasteiger partial charge is 0.184 e. The highest BCUT2D eigenvalue weighted by Crippen LogP contribution is 2.25. The highest BCUT2D eigenvalue weighted by molar-refractivity contribution is 7.90. The molecule has 0 aliphatic heterocycles. The van der Waals surface area contributed by atoms with Gasteiger partial charge in [0.1, 0.15) is 5.82 Å². The number of aromatic nitrogens is 1. The van der Waals surface area contributed by atoms with E-state index >= 15 is 0 Å². The monoisotopic (exact) mass is 280 g/mol. The highest BCUT2D eigenvalue weighted by atomic mass is 32.2. The predicted molar refractivity (Wildman–Crippen MR) is 70.7 cm³/mol. The molecule has 6 heteroatoms. The summed E-state index contributed by atoms with van der Waals surface area (Å²) in [6.45, 7) is 1.73. The Kier molecular flexibility index (Phi) is 3.53. The zero-order chi connectivity index (χ0) is 14.0. The number of rotatable bonds is 3. The van der Waals surface area contributed by atoms with E-state index in [1.54, 1.807) is 19.1 Å². The van der Waals surface area contributed by atoms with Gasteiger partial charge >= 0.3 is 0 Å². The first-order valence-corrected chi connectivity index (χ1v) is 7.22. The predicted octanol–water partition coefficient (Wildman–Crippen LogP) is 2.09. The molecule has 1 heterocycles. The molecule has 19 heavy (non-hydrogen) atoms. The lowest BCUT2D eigenvalue weighted by Crippen LogP contribution is -2.09. The van der Waals surface area contributed by atoms with Crippen molar-refractivity contribution in [3.8, 4) is 0 Å². The summed E-state index contributed by atoms with van der Waals surface area (Å²) in [6.07, 6.45) is 2.35. The number of sulfone groups is 1. The Morgan fingerprint density at radius 2 is 2.05 bits per heavy atom. The molecule has 2 aromatic rings. The quantitative estimate of drug-likeness (QED) is 0.874. The van der Waals surface area contributed by atoms with Crippen LogP contribution in [0.3, 0.4) is 0 Å². The molecule has 0 fully saturated rings. The van der Waals surface area contributed by atoms with Crippen LogP contribution in [0.4, 0.5) is 10.1 Å². The van der Waals surface area contributed by atoms with Crippen LogP contribution in [-0.4, -0.2) is 13.4 Å². The molecule has 0 atom stereocenters. The summed E-state index contributed by atoms with van der Waals surface area (Å²) in [4.78, 5) is 3.70. The van der Waals surface area contributed by atoms with Gasteiger partial charge in [-0.3, -0.25) is 4.98 Å². The van der Waals surface area contributed by atoms with E-state index in [0.717, 1.165) is 12.3 Å². The second-order valence-electron chi connectivity index (χ2n) is 4.26. The Labute approximate surface area is 111 Å². The van der Waals surface area contributed by atoms with Crippen LogP contribution >= 0.6 is 0 Å². The van der Waals surface area contributed by atoms with E-state index in [1.807, 2.05) is 0 Å². The summed E-state index contributed by atoms with van der Waals surface area (Å²) in [5.74, 6) is -0.893. The number of anilines is 1. The van der Waals surface area contributed by atoms with E-state index < -0.39 is 15.7 Å². The Bertz CT molecular complexity index is 714. The molecule has 4 nitrogen and oxygen atoms in total. The molecule has 1 aromatic carbocycles. The third kappa shape index (κ3) is 2.90. The van der Waals surface area contributed by atoms with Crippen LogP contribution in [0.15, 0.2) is 41.6 Å². The van der Waals surface area contributed by atoms with Crippen molar-refractivity contribution in [2.75, 3.05) is 5.73 Å². The first kappa shape index (κ1) is 13.5. The highest BCUT2D eigenvalue weighted by Gasteiger charge is 2.19.